The van der Waals surface area contributed by atoms with E-state index in [9.17, 15) is 24.6 Å². The number of aromatic hydroxyl groups is 1. The predicted octanol–water partition coefficient (Wildman–Crippen LogP) is 3.90. The lowest BCUT2D eigenvalue weighted by molar-refractivity contribution is -0.142. The fourth-order valence-electron chi connectivity index (χ4n) is 4.16. The van der Waals surface area contributed by atoms with Crippen LogP contribution in [0.4, 0.5) is 0 Å². The SMILES string of the molecule is CCCCc1cc(=O)oc2cc(O[C@H](C)C(=O)N[C@@H](Cc3c[nH]c4ccc(O)cc34)C(=O)O)ccc12. The van der Waals surface area contributed by atoms with Crippen LogP contribution in [0, 0.1) is 0 Å². The third-order valence-corrected chi connectivity index (χ3v) is 6.07. The Morgan fingerprint density at radius 1 is 1.11 bits per heavy atom. The lowest BCUT2D eigenvalue weighted by Gasteiger charge is -2.19. The maximum absolute atomic E-state index is 12.8. The van der Waals surface area contributed by atoms with Gasteiger partial charge in [0.2, 0.25) is 0 Å². The molecule has 0 aliphatic heterocycles. The number of carboxylic acids is 1. The summed E-state index contributed by atoms with van der Waals surface area (Å²) in [6, 6.07) is 10.1. The van der Waals surface area contributed by atoms with E-state index in [4.69, 9.17) is 9.15 Å². The van der Waals surface area contributed by atoms with Gasteiger partial charge in [-0.2, -0.15) is 0 Å². The number of ether oxygens (including phenoxy) is 1. The van der Waals surface area contributed by atoms with Gasteiger partial charge in [0.25, 0.3) is 5.91 Å². The fraction of sp³-hybridized carbons (Fsp3) is 0.296. The summed E-state index contributed by atoms with van der Waals surface area (Å²) >= 11 is 0. The van der Waals surface area contributed by atoms with Crippen molar-refractivity contribution in [1.29, 1.82) is 0 Å². The molecular formula is C27H28N2O7. The molecule has 9 nitrogen and oxygen atoms in total. The third-order valence-electron chi connectivity index (χ3n) is 6.07. The molecule has 0 bridgehead atoms. The molecule has 36 heavy (non-hydrogen) atoms. The zero-order chi connectivity index (χ0) is 25.8. The molecule has 4 rings (SSSR count). The number of carbonyl (C=O) groups is 2. The van der Waals surface area contributed by atoms with Crippen molar-refractivity contribution in [2.45, 2.75) is 51.7 Å². The average molecular weight is 493 g/mol. The second-order valence-electron chi connectivity index (χ2n) is 8.76. The minimum atomic E-state index is -1.21. The number of H-pyrrole nitrogens is 1. The second-order valence-corrected chi connectivity index (χ2v) is 8.76. The summed E-state index contributed by atoms with van der Waals surface area (Å²) in [5.41, 5.74) is 2.20. The van der Waals surface area contributed by atoms with Gasteiger partial charge < -0.3 is 29.7 Å². The molecule has 2 aromatic carbocycles. The number of carbonyl (C=O) groups excluding carboxylic acids is 1. The topological polar surface area (TPSA) is 142 Å². The Bertz CT molecular complexity index is 1470. The molecule has 0 saturated carbocycles. The number of unbranched alkanes of at least 4 members (excludes halogenated alkanes) is 1. The Morgan fingerprint density at radius 3 is 2.67 bits per heavy atom. The van der Waals surface area contributed by atoms with Gasteiger partial charge in [-0.1, -0.05) is 13.3 Å². The summed E-state index contributed by atoms with van der Waals surface area (Å²) in [6.07, 6.45) is 3.35. The Kier molecular flexibility index (Phi) is 7.28. The van der Waals surface area contributed by atoms with Crippen LogP contribution in [0.5, 0.6) is 11.5 Å². The number of phenols is 1. The predicted molar refractivity (Wildman–Crippen MR) is 134 cm³/mol. The van der Waals surface area contributed by atoms with Crippen molar-refractivity contribution >= 4 is 33.7 Å². The van der Waals surface area contributed by atoms with Gasteiger partial charge in [0.15, 0.2) is 6.10 Å². The van der Waals surface area contributed by atoms with E-state index in [1.54, 1.807) is 36.5 Å². The quantitative estimate of drug-likeness (QED) is 0.246. The first kappa shape index (κ1) is 24.8. The smallest absolute Gasteiger partial charge is 0.336 e. The number of carboxylic acid groups (broad SMARTS) is 1. The number of hydrogen-bond donors (Lipinski definition) is 4. The van der Waals surface area contributed by atoms with E-state index in [-0.39, 0.29) is 12.2 Å². The standard InChI is InChI=1S/C27H28N2O7/c1-3-4-5-16-11-25(31)36-24-13-19(7-8-20(16)24)35-15(2)26(32)29-23(27(33)34)10-17-14-28-22-9-6-18(30)12-21(17)22/h6-9,11-15,23,28,30H,3-5,10H2,1-2H3,(H,29,32)(H,33,34)/t15-,23+/m1/s1. The first-order valence-electron chi connectivity index (χ1n) is 11.8. The number of hydrogen-bond acceptors (Lipinski definition) is 6. The molecule has 0 aliphatic rings. The summed E-state index contributed by atoms with van der Waals surface area (Å²) in [6.45, 7) is 3.59. The van der Waals surface area contributed by atoms with Gasteiger partial charge in [-0.25, -0.2) is 9.59 Å². The van der Waals surface area contributed by atoms with Gasteiger partial charge in [0, 0.05) is 41.0 Å². The second kappa shape index (κ2) is 10.6. The van der Waals surface area contributed by atoms with Crippen molar-refractivity contribution in [3.63, 3.8) is 0 Å². The molecule has 0 saturated heterocycles. The summed E-state index contributed by atoms with van der Waals surface area (Å²) < 4.78 is 11.1. The first-order chi connectivity index (χ1) is 17.2. The minimum absolute atomic E-state index is 0.0128. The van der Waals surface area contributed by atoms with Crippen LogP contribution in [0.3, 0.4) is 0 Å². The highest BCUT2D eigenvalue weighted by atomic mass is 16.5. The van der Waals surface area contributed by atoms with E-state index in [1.807, 2.05) is 0 Å². The Hall–Kier alpha value is -4.27. The number of aromatic amines is 1. The molecule has 0 fully saturated rings. The van der Waals surface area contributed by atoms with Gasteiger partial charge in [-0.3, -0.25) is 4.79 Å². The maximum Gasteiger partial charge on any atom is 0.336 e. The van der Waals surface area contributed by atoms with Crippen LogP contribution in [0.25, 0.3) is 21.9 Å². The number of fused-ring (bicyclic) bond motifs is 2. The lowest BCUT2D eigenvalue weighted by Crippen LogP contribution is -2.47. The van der Waals surface area contributed by atoms with E-state index in [0.29, 0.717) is 22.3 Å². The summed E-state index contributed by atoms with van der Waals surface area (Å²) in [5.74, 6) is -1.43. The maximum atomic E-state index is 12.8. The molecule has 1 amide bonds. The molecule has 0 radical (unpaired) electrons. The number of nitrogens with one attached hydrogen (secondary N) is 2. The highest BCUT2D eigenvalue weighted by Crippen LogP contribution is 2.26. The lowest BCUT2D eigenvalue weighted by atomic mass is 10.0. The van der Waals surface area contributed by atoms with Gasteiger partial charge in [-0.05, 0) is 61.2 Å². The number of benzene rings is 2. The third kappa shape index (κ3) is 5.51. The monoisotopic (exact) mass is 492 g/mol. The van der Waals surface area contributed by atoms with Crippen molar-refractivity contribution in [2.24, 2.45) is 0 Å². The van der Waals surface area contributed by atoms with Gasteiger partial charge in [-0.15, -0.1) is 0 Å². The van der Waals surface area contributed by atoms with Crippen LogP contribution in [0.15, 0.2) is 57.9 Å². The van der Waals surface area contributed by atoms with Crippen LogP contribution in [0.1, 0.15) is 37.8 Å². The van der Waals surface area contributed by atoms with E-state index in [2.05, 4.69) is 17.2 Å². The molecule has 4 N–H and O–H groups in total. The normalized spacial score (nSPS) is 12.9. The van der Waals surface area contributed by atoms with Crippen LogP contribution in [0.2, 0.25) is 0 Å². The molecule has 2 atom stereocenters. The van der Waals surface area contributed by atoms with Gasteiger partial charge >= 0.3 is 11.6 Å². The van der Waals surface area contributed by atoms with Crippen molar-refractivity contribution < 1.29 is 29.0 Å². The van der Waals surface area contributed by atoms with E-state index >= 15 is 0 Å². The summed E-state index contributed by atoms with van der Waals surface area (Å²) in [4.78, 5) is 39.7. The van der Waals surface area contributed by atoms with E-state index in [1.165, 1.54) is 19.1 Å². The Morgan fingerprint density at radius 2 is 1.92 bits per heavy atom. The number of aromatic nitrogens is 1. The minimum Gasteiger partial charge on any atom is -0.508 e. The zero-order valence-corrected chi connectivity index (χ0v) is 20.0. The van der Waals surface area contributed by atoms with Crippen molar-refractivity contribution in [1.82, 2.24) is 10.3 Å². The number of aliphatic carboxylic acids is 1. The first-order valence-corrected chi connectivity index (χ1v) is 11.8. The molecule has 0 unspecified atom stereocenters. The zero-order valence-electron chi connectivity index (χ0n) is 20.0. The number of phenolic OH excluding ortho intramolecular Hbond substituents is 1. The molecule has 188 valence electrons. The molecule has 2 heterocycles. The molecule has 9 heteroatoms. The van der Waals surface area contributed by atoms with Crippen molar-refractivity contribution in [3.05, 3.63) is 70.2 Å². The molecule has 2 aromatic heterocycles. The molecule has 0 aliphatic carbocycles. The number of rotatable bonds is 10. The van der Waals surface area contributed by atoms with Crippen LogP contribution in [-0.4, -0.2) is 39.2 Å². The Balaban J connectivity index is 1.47. The highest BCUT2D eigenvalue weighted by molar-refractivity contribution is 5.89. The van der Waals surface area contributed by atoms with Crippen LogP contribution in [-0.2, 0) is 22.4 Å². The van der Waals surface area contributed by atoms with Crippen molar-refractivity contribution in [3.8, 4) is 11.5 Å². The molecule has 0 spiro atoms. The molecular weight excluding hydrogens is 464 g/mol. The molecule has 4 aromatic rings. The Labute approximate surface area is 206 Å². The van der Waals surface area contributed by atoms with Gasteiger partial charge in [0.05, 0.1) is 0 Å². The average Bonchev–Trinajstić information content (AvgIpc) is 3.23. The van der Waals surface area contributed by atoms with Crippen LogP contribution < -0.4 is 15.7 Å². The fourth-order valence-corrected chi connectivity index (χ4v) is 4.16. The highest BCUT2D eigenvalue weighted by Gasteiger charge is 2.25. The van der Waals surface area contributed by atoms with Gasteiger partial charge in [0.1, 0.15) is 23.1 Å². The number of amides is 1. The van der Waals surface area contributed by atoms with E-state index < -0.39 is 29.6 Å². The largest absolute Gasteiger partial charge is 0.508 e. The number of aryl methyl sites for hydroxylation is 1. The van der Waals surface area contributed by atoms with Crippen LogP contribution >= 0.6 is 0 Å². The summed E-state index contributed by atoms with van der Waals surface area (Å²) in [5, 5.41) is 23.5. The summed E-state index contributed by atoms with van der Waals surface area (Å²) in [7, 11) is 0. The van der Waals surface area contributed by atoms with Crippen molar-refractivity contribution in [2.75, 3.05) is 0 Å². The van der Waals surface area contributed by atoms with E-state index in [0.717, 1.165) is 35.7 Å².